The van der Waals surface area contributed by atoms with Crippen molar-refractivity contribution in [1.82, 2.24) is 0 Å². The zero-order valence-electron chi connectivity index (χ0n) is 13.4. The van der Waals surface area contributed by atoms with E-state index in [1.54, 1.807) is 0 Å². The summed E-state index contributed by atoms with van der Waals surface area (Å²) < 4.78 is 10.6. The lowest BCUT2D eigenvalue weighted by Crippen LogP contribution is -2.29. The number of esters is 1. The first-order valence-corrected chi connectivity index (χ1v) is 7.51. The van der Waals surface area contributed by atoms with Gasteiger partial charge in [0.2, 0.25) is 0 Å². The SMILES string of the molecule is CC.CCCOC(=O)C(Cc1ccc(C)cc1)OCC. The molecule has 0 amide bonds. The molecule has 0 aromatic heterocycles. The van der Waals surface area contributed by atoms with E-state index in [0.717, 1.165) is 12.0 Å². The summed E-state index contributed by atoms with van der Waals surface area (Å²) in [6, 6.07) is 8.12. The van der Waals surface area contributed by atoms with Gasteiger partial charge in [0.1, 0.15) is 0 Å². The van der Waals surface area contributed by atoms with E-state index in [0.29, 0.717) is 19.6 Å². The van der Waals surface area contributed by atoms with Crippen LogP contribution in [-0.2, 0) is 20.7 Å². The molecule has 114 valence electrons. The summed E-state index contributed by atoms with van der Waals surface area (Å²) in [5.74, 6) is -0.265. The molecular weight excluding hydrogens is 252 g/mol. The molecule has 0 saturated carbocycles. The van der Waals surface area contributed by atoms with Crippen LogP contribution in [0, 0.1) is 6.92 Å². The van der Waals surface area contributed by atoms with Crippen molar-refractivity contribution >= 4 is 5.97 Å². The first-order valence-electron chi connectivity index (χ1n) is 7.51. The molecule has 1 rings (SSSR count). The second kappa shape index (κ2) is 11.5. The van der Waals surface area contributed by atoms with Gasteiger partial charge in [-0.25, -0.2) is 4.79 Å². The molecule has 3 heteroatoms. The molecule has 0 aliphatic heterocycles. The normalized spacial score (nSPS) is 11.2. The summed E-state index contributed by atoms with van der Waals surface area (Å²) in [5.41, 5.74) is 2.30. The van der Waals surface area contributed by atoms with E-state index in [1.165, 1.54) is 5.56 Å². The lowest BCUT2D eigenvalue weighted by molar-refractivity contribution is -0.156. The van der Waals surface area contributed by atoms with Crippen molar-refractivity contribution in [1.29, 1.82) is 0 Å². The van der Waals surface area contributed by atoms with E-state index in [4.69, 9.17) is 9.47 Å². The van der Waals surface area contributed by atoms with Crippen molar-refractivity contribution in [2.24, 2.45) is 0 Å². The summed E-state index contributed by atoms with van der Waals surface area (Å²) in [5, 5.41) is 0. The third kappa shape index (κ3) is 7.29. The number of carbonyl (C=O) groups is 1. The smallest absolute Gasteiger partial charge is 0.335 e. The number of hydrogen-bond donors (Lipinski definition) is 0. The van der Waals surface area contributed by atoms with Crippen molar-refractivity contribution in [3.8, 4) is 0 Å². The molecule has 1 aromatic rings. The van der Waals surface area contributed by atoms with E-state index in [9.17, 15) is 4.79 Å². The van der Waals surface area contributed by atoms with E-state index < -0.39 is 6.10 Å². The molecule has 0 spiro atoms. The maximum Gasteiger partial charge on any atom is 0.335 e. The van der Waals surface area contributed by atoms with Gasteiger partial charge < -0.3 is 9.47 Å². The van der Waals surface area contributed by atoms with E-state index >= 15 is 0 Å². The highest BCUT2D eigenvalue weighted by Crippen LogP contribution is 2.09. The Labute approximate surface area is 123 Å². The van der Waals surface area contributed by atoms with Crippen molar-refractivity contribution in [3.63, 3.8) is 0 Å². The van der Waals surface area contributed by atoms with Crippen LogP contribution < -0.4 is 0 Å². The Kier molecular flexibility index (Phi) is 10.7. The highest BCUT2D eigenvalue weighted by Gasteiger charge is 2.20. The second-order valence-corrected chi connectivity index (χ2v) is 4.30. The summed E-state index contributed by atoms with van der Waals surface area (Å²) in [7, 11) is 0. The number of rotatable bonds is 7. The van der Waals surface area contributed by atoms with Gasteiger partial charge in [-0.2, -0.15) is 0 Å². The predicted molar refractivity (Wildman–Crippen MR) is 82.9 cm³/mol. The minimum atomic E-state index is -0.496. The highest BCUT2D eigenvalue weighted by atomic mass is 16.6. The number of ether oxygens (including phenoxy) is 2. The zero-order chi connectivity index (χ0) is 15.4. The molecule has 0 radical (unpaired) electrons. The fourth-order valence-electron chi connectivity index (χ4n) is 1.65. The molecule has 0 aliphatic carbocycles. The Balaban J connectivity index is 0.00000172. The van der Waals surface area contributed by atoms with Gasteiger partial charge in [-0.05, 0) is 25.8 Å². The predicted octanol–water partition coefficient (Wildman–Crippen LogP) is 3.92. The number of hydrogen-bond acceptors (Lipinski definition) is 3. The summed E-state index contributed by atoms with van der Waals surface area (Å²) in [4.78, 5) is 11.8. The van der Waals surface area contributed by atoms with Crippen molar-refractivity contribution < 1.29 is 14.3 Å². The molecule has 1 atom stereocenters. The van der Waals surface area contributed by atoms with Crippen LogP contribution in [0.5, 0.6) is 0 Å². The van der Waals surface area contributed by atoms with E-state index in [1.807, 2.05) is 58.9 Å². The summed E-state index contributed by atoms with van der Waals surface area (Å²) in [6.45, 7) is 10.9. The quantitative estimate of drug-likeness (QED) is 0.710. The molecule has 20 heavy (non-hydrogen) atoms. The Morgan fingerprint density at radius 2 is 1.75 bits per heavy atom. The van der Waals surface area contributed by atoms with Gasteiger partial charge >= 0.3 is 5.97 Å². The summed E-state index contributed by atoms with van der Waals surface area (Å²) >= 11 is 0. The van der Waals surface area contributed by atoms with Gasteiger partial charge in [0.15, 0.2) is 6.10 Å². The second-order valence-electron chi connectivity index (χ2n) is 4.30. The van der Waals surface area contributed by atoms with E-state index in [2.05, 4.69) is 0 Å². The average molecular weight is 280 g/mol. The molecule has 0 fully saturated rings. The average Bonchev–Trinajstić information content (AvgIpc) is 2.48. The Bertz CT molecular complexity index is 357. The molecule has 1 unspecified atom stereocenters. The molecule has 0 aliphatic rings. The standard InChI is InChI=1S/C15H22O3.C2H6/c1-4-10-18-15(16)14(17-5-2)11-13-8-6-12(3)7-9-13;1-2/h6-9,14H,4-5,10-11H2,1-3H3;1-2H3. The largest absolute Gasteiger partial charge is 0.464 e. The molecule has 0 N–H and O–H groups in total. The fourth-order valence-corrected chi connectivity index (χ4v) is 1.65. The van der Waals surface area contributed by atoms with Gasteiger partial charge in [-0.3, -0.25) is 0 Å². The van der Waals surface area contributed by atoms with Crippen molar-refractivity contribution in [2.75, 3.05) is 13.2 Å². The topological polar surface area (TPSA) is 35.5 Å². The molecule has 1 aromatic carbocycles. The maximum absolute atomic E-state index is 11.8. The van der Waals surface area contributed by atoms with Crippen LogP contribution in [0.4, 0.5) is 0 Å². The number of benzene rings is 1. The monoisotopic (exact) mass is 280 g/mol. The molecule has 3 nitrogen and oxygen atoms in total. The van der Waals surface area contributed by atoms with E-state index in [-0.39, 0.29) is 5.97 Å². The molecule has 0 heterocycles. The lowest BCUT2D eigenvalue weighted by atomic mass is 10.1. The van der Waals surface area contributed by atoms with Crippen LogP contribution in [0.25, 0.3) is 0 Å². The Morgan fingerprint density at radius 1 is 1.15 bits per heavy atom. The minimum Gasteiger partial charge on any atom is -0.464 e. The van der Waals surface area contributed by atoms with Gasteiger partial charge in [-0.15, -0.1) is 0 Å². The first kappa shape index (κ1) is 18.7. The number of aryl methyl sites for hydroxylation is 1. The third-order valence-electron chi connectivity index (χ3n) is 2.62. The van der Waals surface area contributed by atoms with Gasteiger partial charge in [0.25, 0.3) is 0 Å². The first-order chi connectivity index (χ1) is 9.67. The van der Waals surface area contributed by atoms with Gasteiger partial charge in [0.05, 0.1) is 6.61 Å². The highest BCUT2D eigenvalue weighted by molar-refractivity contribution is 5.75. The molecule has 0 bridgehead atoms. The van der Waals surface area contributed by atoms with Gasteiger partial charge in [-0.1, -0.05) is 50.6 Å². The van der Waals surface area contributed by atoms with Gasteiger partial charge in [0, 0.05) is 13.0 Å². The van der Waals surface area contributed by atoms with Crippen LogP contribution in [0.3, 0.4) is 0 Å². The van der Waals surface area contributed by atoms with Crippen LogP contribution >= 0.6 is 0 Å². The molecular formula is C17H28O3. The van der Waals surface area contributed by atoms with Crippen LogP contribution in [0.15, 0.2) is 24.3 Å². The fraction of sp³-hybridized carbons (Fsp3) is 0.588. The van der Waals surface area contributed by atoms with Crippen molar-refractivity contribution in [2.45, 2.75) is 53.6 Å². The van der Waals surface area contributed by atoms with Crippen LogP contribution in [-0.4, -0.2) is 25.3 Å². The molecule has 0 saturated heterocycles. The number of carbonyl (C=O) groups excluding carboxylic acids is 1. The Hall–Kier alpha value is -1.35. The maximum atomic E-state index is 11.8. The van der Waals surface area contributed by atoms with Crippen molar-refractivity contribution in [3.05, 3.63) is 35.4 Å². The summed E-state index contributed by atoms with van der Waals surface area (Å²) in [6.07, 6.45) is 0.899. The third-order valence-corrected chi connectivity index (χ3v) is 2.62. The zero-order valence-corrected chi connectivity index (χ0v) is 13.4. The van der Waals surface area contributed by atoms with Crippen LogP contribution in [0.1, 0.15) is 45.2 Å². The Morgan fingerprint density at radius 3 is 2.25 bits per heavy atom. The van der Waals surface area contributed by atoms with Crippen LogP contribution in [0.2, 0.25) is 0 Å². The lowest BCUT2D eigenvalue weighted by Gasteiger charge is -2.16. The minimum absolute atomic E-state index is 0.265.